The summed E-state index contributed by atoms with van der Waals surface area (Å²) in [5.74, 6) is -0.681. The van der Waals surface area contributed by atoms with E-state index in [4.69, 9.17) is 23.8 Å². The molecular formula is C18H17ClN4O2S3. The van der Waals surface area contributed by atoms with E-state index in [0.717, 1.165) is 41.6 Å². The van der Waals surface area contributed by atoms with Gasteiger partial charge in [0.15, 0.2) is 0 Å². The molecule has 146 valence electrons. The van der Waals surface area contributed by atoms with Gasteiger partial charge in [-0.25, -0.2) is 0 Å². The minimum Gasteiger partial charge on any atom is -0.299 e. The summed E-state index contributed by atoms with van der Waals surface area (Å²) in [7, 11) is 0. The summed E-state index contributed by atoms with van der Waals surface area (Å²) in [5.41, 5.74) is 0.725. The number of thiocarbonyl (C=S) groups is 1. The quantitative estimate of drug-likeness (QED) is 0.496. The van der Waals surface area contributed by atoms with Crippen LogP contribution in [0.4, 0.5) is 5.13 Å². The Morgan fingerprint density at radius 1 is 1.36 bits per heavy atom. The number of thioether (sulfide) groups is 1. The molecule has 28 heavy (non-hydrogen) atoms. The fraction of sp³-hybridized carbons (Fsp3) is 0.278. The van der Waals surface area contributed by atoms with E-state index in [0.29, 0.717) is 19.4 Å². The third-order valence-electron chi connectivity index (χ3n) is 3.82. The molecular weight excluding hydrogens is 436 g/mol. The minimum atomic E-state index is -0.367. The molecule has 1 aliphatic heterocycles. The molecule has 2 heterocycles. The van der Waals surface area contributed by atoms with Crippen LogP contribution in [-0.2, 0) is 16.0 Å². The lowest BCUT2D eigenvalue weighted by Crippen LogP contribution is -2.36. The maximum atomic E-state index is 12.6. The number of halogens is 1. The van der Waals surface area contributed by atoms with Crippen LogP contribution in [0.5, 0.6) is 0 Å². The second-order valence-electron chi connectivity index (χ2n) is 5.94. The fourth-order valence-electron chi connectivity index (χ4n) is 2.41. The second kappa shape index (κ2) is 9.60. The van der Waals surface area contributed by atoms with Crippen molar-refractivity contribution in [1.29, 1.82) is 0 Å². The van der Waals surface area contributed by atoms with Gasteiger partial charge in [-0.3, -0.25) is 19.8 Å². The number of hydrogen-bond acceptors (Lipinski definition) is 7. The Bertz CT molecular complexity index is 944. The lowest BCUT2D eigenvalue weighted by Gasteiger charge is -2.13. The van der Waals surface area contributed by atoms with Gasteiger partial charge in [0, 0.05) is 11.4 Å². The molecule has 1 N–H and O–H groups in total. The van der Waals surface area contributed by atoms with E-state index in [9.17, 15) is 9.59 Å². The van der Waals surface area contributed by atoms with Gasteiger partial charge in [0.25, 0.3) is 5.91 Å². The van der Waals surface area contributed by atoms with Crippen molar-refractivity contribution in [1.82, 2.24) is 15.1 Å². The molecule has 1 fully saturated rings. The van der Waals surface area contributed by atoms with E-state index in [1.165, 1.54) is 16.2 Å². The number of nitrogens with zero attached hydrogens (tertiary/aromatic N) is 3. The Hall–Kier alpha value is -1.81. The molecule has 2 amide bonds. The number of carbonyl (C=O) groups excluding carboxylic acids is 2. The molecule has 2 aromatic rings. The number of hydrogen-bond donors (Lipinski definition) is 1. The van der Waals surface area contributed by atoms with E-state index >= 15 is 0 Å². The van der Waals surface area contributed by atoms with Gasteiger partial charge < -0.3 is 0 Å². The maximum Gasteiger partial charge on any atom is 0.266 e. The van der Waals surface area contributed by atoms with Crippen LogP contribution in [0.3, 0.4) is 0 Å². The molecule has 1 saturated heterocycles. The Morgan fingerprint density at radius 3 is 2.89 bits per heavy atom. The molecule has 1 aromatic heterocycles. The Morgan fingerprint density at radius 2 is 2.14 bits per heavy atom. The number of aromatic nitrogens is 2. The van der Waals surface area contributed by atoms with Crippen LogP contribution in [0.2, 0.25) is 5.02 Å². The van der Waals surface area contributed by atoms with Gasteiger partial charge in [-0.15, -0.1) is 10.2 Å². The number of benzene rings is 1. The largest absolute Gasteiger partial charge is 0.299 e. The van der Waals surface area contributed by atoms with Crippen LogP contribution in [0.25, 0.3) is 6.08 Å². The standard InChI is InChI=1S/C18H17ClN4O2S3/c1-2-3-8-15-21-22-17(28-15)20-14(24)10-23-16(25)13(27-18(23)26)9-11-6-4-5-7-12(11)19/h4-7,9H,2-3,8,10H2,1H3,(H,20,22,24)/b13-9-. The topological polar surface area (TPSA) is 75.2 Å². The first kappa shape index (κ1) is 20.9. The first-order valence-corrected chi connectivity index (χ1v) is 11.0. The fourth-order valence-corrected chi connectivity index (χ4v) is 4.64. The number of amides is 2. The molecule has 1 aromatic carbocycles. The zero-order valence-electron chi connectivity index (χ0n) is 15.0. The zero-order chi connectivity index (χ0) is 20.1. The first-order chi connectivity index (χ1) is 13.5. The highest BCUT2D eigenvalue weighted by Gasteiger charge is 2.33. The van der Waals surface area contributed by atoms with Crippen LogP contribution < -0.4 is 5.32 Å². The van der Waals surface area contributed by atoms with Crippen molar-refractivity contribution in [2.75, 3.05) is 11.9 Å². The Labute approximate surface area is 181 Å². The SMILES string of the molecule is CCCCc1nnc(NC(=O)CN2C(=O)/C(=C/c3ccccc3Cl)SC2=S)s1. The van der Waals surface area contributed by atoms with Crippen molar-refractivity contribution in [3.8, 4) is 0 Å². The van der Waals surface area contributed by atoms with Crippen molar-refractivity contribution >= 4 is 74.3 Å². The smallest absolute Gasteiger partial charge is 0.266 e. The van der Waals surface area contributed by atoms with Gasteiger partial charge in [-0.2, -0.15) is 0 Å². The van der Waals surface area contributed by atoms with Crippen molar-refractivity contribution in [3.05, 3.63) is 44.8 Å². The molecule has 10 heteroatoms. The predicted octanol–water partition coefficient (Wildman–Crippen LogP) is 4.37. The summed E-state index contributed by atoms with van der Waals surface area (Å²) >= 11 is 13.9. The first-order valence-electron chi connectivity index (χ1n) is 8.60. The van der Waals surface area contributed by atoms with Gasteiger partial charge in [-0.05, 0) is 24.1 Å². The molecule has 0 radical (unpaired) electrons. The normalized spacial score (nSPS) is 15.5. The van der Waals surface area contributed by atoms with Gasteiger partial charge >= 0.3 is 0 Å². The molecule has 0 saturated carbocycles. The van der Waals surface area contributed by atoms with E-state index in [1.807, 2.05) is 18.2 Å². The molecule has 0 spiro atoms. The summed E-state index contributed by atoms with van der Waals surface area (Å²) in [4.78, 5) is 26.7. The number of nitrogens with one attached hydrogen (secondary N) is 1. The number of unbranched alkanes of at least 4 members (excludes halogenated alkanes) is 1. The van der Waals surface area contributed by atoms with Crippen molar-refractivity contribution in [3.63, 3.8) is 0 Å². The highest BCUT2D eigenvalue weighted by atomic mass is 35.5. The molecule has 0 unspecified atom stereocenters. The summed E-state index contributed by atoms with van der Waals surface area (Å²) in [6, 6.07) is 7.21. The van der Waals surface area contributed by atoms with Crippen molar-refractivity contribution < 1.29 is 9.59 Å². The van der Waals surface area contributed by atoms with Gasteiger partial charge in [0.1, 0.15) is 15.9 Å². The van der Waals surface area contributed by atoms with Crippen LogP contribution in [-0.4, -0.2) is 37.8 Å². The summed E-state index contributed by atoms with van der Waals surface area (Å²) in [5, 5.41) is 12.6. The Kier molecular flexibility index (Phi) is 7.17. The van der Waals surface area contributed by atoms with Crippen molar-refractivity contribution in [2.24, 2.45) is 0 Å². The number of carbonyl (C=O) groups is 2. The summed E-state index contributed by atoms with van der Waals surface area (Å²) < 4.78 is 0.333. The van der Waals surface area contributed by atoms with Crippen molar-refractivity contribution in [2.45, 2.75) is 26.2 Å². The predicted molar refractivity (Wildman–Crippen MR) is 118 cm³/mol. The maximum absolute atomic E-state index is 12.6. The average Bonchev–Trinajstić information content (AvgIpc) is 3.21. The minimum absolute atomic E-state index is 0.172. The third-order valence-corrected chi connectivity index (χ3v) is 6.44. The van der Waals surface area contributed by atoms with Crippen LogP contribution in [0.1, 0.15) is 30.3 Å². The number of aryl methyl sites for hydroxylation is 1. The van der Waals surface area contributed by atoms with Gasteiger partial charge in [0.2, 0.25) is 11.0 Å². The van der Waals surface area contributed by atoms with Gasteiger partial charge in [0.05, 0.1) is 4.91 Å². The van der Waals surface area contributed by atoms with E-state index in [-0.39, 0.29) is 18.4 Å². The third kappa shape index (κ3) is 5.16. The van der Waals surface area contributed by atoms with Crippen LogP contribution in [0, 0.1) is 0 Å². The molecule has 0 atom stereocenters. The average molecular weight is 453 g/mol. The van der Waals surface area contributed by atoms with E-state index in [2.05, 4.69) is 22.4 Å². The van der Waals surface area contributed by atoms with E-state index in [1.54, 1.807) is 12.1 Å². The highest BCUT2D eigenvalue weighted by molar-refractivity contribution is 8.26. The zero-order valence-corrected chi connectivity index (χ0v) is 18.2. The molecule has 3 rings (SSSR count). The monoisotopic (exact) mass is 452 g/mol. The summed E-state index contributed by atoms with van der Waals surface area (Å²) in [6.45, 7) is 1.93. The molecule has 0 bridgehead atoms. The molecule has 1 aliphatic rings. The highest BCUT2D eigenvalue weighted by Crippen LogP contribution is 2.33. The summed E-state index contributed by atoms with van der Waals surface area (Å²) in [6.07, 6.45) is 4.62. The Balaban J connectivity index is 1.63. The lowest BCUT2D eigenvalue weighted by atomic mass is 10.2. The number of anilines is 1. The van der Waals surface area contributed by atoms with Gasteiger partial charge in [-0.1, -0.05) is 78.5 Å². The second-order valence-corrected chi connectivity index (χ2v) is 9.09. The van der Waals surface area contributed by atoms with E-state index < -0.39 is 0 Å². The van der Waals surface area contributed by atoms with Crippen LogP contribution >= 0.6 is 46.9 Å². The number of rotatable bonds is 7. The lowest BCUT2D eigenvalue weighted by molar-refractivity contribution is -0.126. The molecule has 0 aliphatic carbocycles. The van der Waals surface area contributed by atoms with Crippen LogP contribution in [0.15, 0.2) is 29.2 Å². The molecule has 6 nitrogen and oxygen atoms in total.